The van der Waals surface area contributed by atoms with Gasteiger partial charge in [-0.3, -0.25) is 0 Å². The van der Waals surface area contributed by atoms with E-state index in [1.54, 1.807) is 0 Å². The van der Waals surface area contributed by atoms with Crippen molar-refractivity contribution in [2.24, 2.45) is 0 Å². The zero-order chi connectivity index (χ0) is 7.66. The molecule has 1 radical (unpaired) electrons. The monoisotopic (exact) mass is 333 g/mol. The molecule has 0 atom stereocenters. The standard InChI is InChI=1S/C8H12.CH4O.Ir/c1-2-4-6-8-7-5-3-1;1-2;/h1-2,7-8H,3-6H2;2H,1H3;/b2-1-,8-7-;;. The molecule has 0 aromatic rings. The molecule has 0 aromatic heterocycles. The Morgan fingerprint density at radius 2 is 0.909 bits per heavy atom. The van der Waals surface area contributed by atoms with E-state index in [9.17, 15) is 0 Å². The molecule has 1 aliphatic rings. The van der Waals surface area contributed by atoms with Crippen molar-refractivity contribution in [2.75, 3.05) is 7.11 Å². The van der Waals surface area contributed by atoms with Crippen LogP contribution in [0.1, 0.15) is 25.7 Å². The number of hydrogen-bond acceptors (Lipinski definition) is 1. The summed E-state index contributed by atoms with van der Waals surface area (Å²) in [5, 5.41) is 7.00. The predicted octanol–water partition coefficient (Wildman–Crippen LogP) is 2.28. The number of allylic oxidation sites excluding steroid dienone is 4. The molecule has 0 aliphatic heterocycles. The van der Waals surface area contributed by atoms with Crippen LogP contribution in [0.4, 0.5) is 0 Å². The molecule has 0 amide bonds. The van der Waals surface area contributed by atoms with Crippen molar-refractivity contribution >= 4 is 0 Å². The van der Waals surface area contributed by atoms with Gasteiger partial charge in [0, 0.05) is 27.2 Å². The topological polar surface area (TPSA) is 20.2 Å². The van der Waals surface area contributed by atoms with E-state index in [1.165, 1.54) is 25.7 Å². The van der Waals surface area contributed by atoms with Crippen LogP contribution in [0.2, 0.25) is 0 Å². The number of aliphatic hydroxyl groups is 1. The molecule has 0 bridgehead atoms. The Hall–Kier alpha value is 0.0894. The fourth-order valence-electron chi connectivity index (χ4n) is 0.856. The van der Waals surface area contributed by atoms with Crippen molar-refractivity contribution < 1.29 is 25.2 Å². The van der Waals surface area contributed by atoms with E-state index in [0.29, 0.717) is 0 Å². The molecule has 1 N–H and O–H groups in total. The fourth-order valence-corrected chi connectivity index (χ4v) is 0.856. The minimum absolute atomic E-state index is 0. The van der Waals surface area contributed by atoms with E-state index in [-0.39, 0.29) is 20.1 Å². The summed E-state index contributed by atoms with van der Waals surface area (Å²) in [6.45, 7) is 0. The first-order chi connectivity index (χ1) is 5.00. The van der Waals surface area contributed by atoms with Crippen molar-refractivity contribution in [2.45, 2.75) is 25.7 Å². The van der Waals surface area contributed by atoms with Gasteiger partial charge in [-0.1, -0.05) is 24.3 Å². The van der Waals surface area contributed by atoms with Gasteiger partial charge in [0.1, 0.15) is 0 Å². The maximum absolute atomic E-state index is 7.00. The molecule has 67 valence electrons. The number of aliphatic hydroxyl groups excluding tert-OH is 1. The third-order valence-corrected chi connectivity index (χ3v) is 1.33. The maximum atomic E-state index is 7.00. The predicted molar refractivity (Wildman–Crippen MR) is 44.9 cm³/mol. The van der Waals surface area contributed by atoms with Crippen LogP contribution in [0.5, 0.6) is 0 Å². The Labute approximate surface area is 82.6 Å². The van der Waals surface area contributed by atoms with Crippen LogP contribution >= 0.6 is 0 Å². The molecular formula is C9H16IrO. The smallest absolute Gasteiger partial charge is 0.0319 e. The minimum atomic E-state index is 0. The molecule has 1 rings (SSSR count). The maximum Gasteiger partial charge on any atom is 0.0319 e. The van der Waals surface area contributed by atoms with E-state index in [0.717, 1.165) is 7.11 Å². The van der Waals surface area contributed by atoms with Crippen LogP contribution in [0.25, 0.3) is 0 Å². The normalized spacial score (nSPS) is 20.9. The second kappa shape index (κ2) is 12.7. The van der Waals surface area contributed by atoms with E-state index < -0.39 is 0 Å². The summed E-state index contributed by atoms with van der Waals surface area (Å²) in [7, 11) is 1.00. The van der Waals surface area contributed by atoms with Crippen molar-refractivity contribution in [1.82, 2.24) is 0 Å². The molecule has 0 fully saturated rings. The number of rotatable bonds is 0. The van der Waals surface area contributed by atoms with Gasteiger partial charge in [0.05, 0.1) is 0 Å². The van der Waals surface area contributed by atoms with Crippen LogP contribution in [-0.4, -0.2) is 12.2 Å². The van der Waals surface area contributed by atoms with Gasteiger partial charge in [-0.2, -0.15) is 0 Å². The molecular weight excluding hydrogens is 316 g/mol. The number of hydrogen-bond donors (Lipinski definition) is 1. The van der Waals surface area contributed by atoms with Crippen molar-refractivity contribution in [3.05, 3.63) is 24.3 Å². The SMILES string of the molecule is C1=C\CC/C=C\CC/1.CO.[Ir]. The largest absolute Gasteiger partial charge is 0.400 e. The van der Waals surface area contributed by atoms with E-state index in [2.05, 4.69) is 24.3 Å². The Bertz CT molecular complexity index is 82.1. The Kier molecular flexibility index (Phi) is 15.8. The second-order valence-corrected chi connectivity index (χ2v) is 2.10. The summed E-state index contributed by atoms with van der Waals surface area (Å²) < 4.78 is 0. The van der Waals surface area contributed by atoms with Crippen LogP contribution in [0.3, 0.4) is 0 Å². The van der Waals surface area contributed by atoms with Crippen molar-refractivity contribution in [1.29, 1.82) is 0 Å². The molecule has 0 spiro atoms. The van der Waals surface area contributed by atoms with Gasteiger partial charge in [0.2, 0.25) is 0 Å². The summed E-state index contributed by atoms with van der Waals surface area (Å²) >= 11 is 0. The first kappa shape index (κ1) is 13.7. The van der Waals surface area contributed by atoms with Crippen LogP contribution < -0.4 is 0 Å². The van der Waals surface area contributed by atoms with Crippen LogP contribution in [0, 0.1) is 0 Å². The van der Waals surface area contributed by atoms with Gasteiger partial charge in [0.15, 0.2) is 0 Å². The molecule has 0 heterocycles. The Balaban J connectivity index is 0. The third-order valence-electron chi connectivity index (χ3n) is 1.33. The first-order valence-electron chi connectivity index (χ1n) is 3.75. The summed E-state index contributed by atoms with van der Waals surface area (Å²) in [5.41, 5.74) is 0. The molecule has 2 heteroatoms. The first-order valence-corrected chi connectivity index (χ1v) is 3.75. The van der Waals surface area contributed by atoms with Crippen LogP contribution in [-0.2, 0) is 20.1 Å². The summed E-state index contributed by atoms with van der Waals surface area (Å²) in [6.07, 6.45) is 14.0. The fraction of sp³-hybridized carbons (Fsp3) is 0.556. The molecule has 11 heavy (non-hydrogen) atoms. The summed E-state index contributed by atoms with van der Waals surface area (Å²) in [5.74, 6) is 0. The molecule has 1 aliphatic carbocycles. The van der Waals surface area contributed by atoms with Crippen molar-refractivity contribution in [3.63, 3.8) is 0 Å². The average molecular weight is 332 g/mol. The second-order valence-electron chi connectivity index (χ2n) is 2.10. The quantitative estimate of drug-likeness (QED) is 0.675. The average Bonchev–Trinajstić information content (AvgIpc) is 1.90. The molecule has 1 nitrogen and oxygen atoms in total. The van der Waals surface area contributed by atoms with Crippen LogP contribution in [0.15, 0.2) is 24.3 Å². The van der Waals surface area contributed by atoms with E-state index in [4.69, 9.17) is 5.11 Å². The van der Waals surface area contributed by atoms with Gasteiger partial charge >= 0.3 is 0 Å². The summed E-state index contributed by atoms with van der Waals surface area (Å²) in [6, 6.07) is 0. The molecule has 0 saturated carbocycles. The minimum Gasteiger partial charge on any atom is -0.400 e. The Morgan fingerprint density at radius 1 is 0.727 bits per heavy atom. The van der Waals surface area contributed by atoms with Crippen molar-refractivity contribution in [3.8, 4) is 0 Å². The van der Waals surface area contributed by atoms with Gasteiger partial charge < -0.3 is 5.11 Å². The Morgan fingerprint density at radius 3 is 1.09 bits per heavy atom. The zero-order valence-electron chi connectivity index (χ0n) is 6.92. The molecule has 0 aromatic carbocycles. The van der Waals surface area contributed by atoms with E-state index in [1.807, 2.05) is 0 Å². The zero-order valence-corrected chi connectivity index (χ0v) is 9.31. The summed E-state index contributed by atoms with van der Waals surface area (Å²) in [4.78, 5) is 0. The van der Waals surface area contributed by atoms with Gasteiger partial charge in [0.25, 0.3) is 0 Å². The van der Waals surface area contributed by atoms with E-state index >= 15 is 0 Å². The molecule has 0 saturated heterocycles. The van der Waals surface area contributed by atoms with Gasteiger partial charge in [-0.15, -0.1) is 0 Å². The third kappa shape index (κ3) is 10.1. The van der Waals surface area contributed by atoms with Gasteiger partial charge in [-0.25, -0.2) is 0 Å². The van der Waals surface area contributed by atoms with Gasteiger partial charge in [-0.05, 0) is 25.7 Å². The molecule has 0 unspecified atom stereocenters.